The van der Waals surface area contributed by atoms with E-state index >= 15 is 0 Å². The van der Waals surface area contributed by atoms with E-state index in [1.165, 1.54) is 0 Å². The lowest BCUT2D eigenvalue weighted by Gasteiger charge is -2.34. The van der Waals surface area contributed by atoms with E-state index in [1.54, 1.807) is 13.8 Å². The Labute approximate surface area is 99.1 Å². The Morgan fingerprint density at radius 2 is 2.00 bits per heavy atom. The molecule has 6 heteroatoms. The maximum atomic E-state index is 13.0. The number of carbonyl (C=O) groups is 1. The lowest BCUT2D eigenvalue weighted by Crippen LogP contribution is -2.56. The molecule has 0 saturated carbocycles. The van der Waals surface area contributed by atoms with E-state index in [9.17, 15) is 18.0 Å². The van der Waals surface area contributed by atoms with Crippen LogP contribution in [0.25, 0.3) is 0 Å². The topological polar surface area (TPSA) is 41.1 Å². The molecule has 1 heterocycles. The molecular formula is C11H19F3N2O. The van der Waals surface area contributed by atoms with Crippen molar-refractivity contribution in [3.05, 3.63) is 0 Å². The minimum absolute atomic E-state index is 0.192. The van der Waals surface area contributed by atoms with Gasteiger partial charge in [-0.1, -0.05) is 6.92 Å². The van der Waals surface area contributed by atoms with Crippen LogP contribution in [0, 0.1) is 5.41 Å². The second-order valence-corrected chi connectivity index (χ2v) is 5.20. The lowest BCUT2D eigenvalue weighted by molar-refractivity contribution is -0.216. The van der Waals surface area contributed by atoms with Crippen molar-refractivity contribution < 1.29 is 18.0 Å². The number of hydrogen-bond donors (Lipinski definition) is 2. The summed E-state index contributed by atoms with van der Waals surface area (Å²) in [7, 11) is 0. The zero-order valence-electron chi connectivity index (χ0n) is 10.4. The minimum Gasteiger partial charge on any atom is -0.350 e. The SMILES string of the molecule is CCC(C)(C)NC(=O)C1(C(F)(F)F)CCNC1. The van der Waals surface area contributed by atoms with Gasteiger partial charge in [-0.25, -0.2) is 0 Å². The van der Waals surface area contributed by atoms with E-state index in [2.05, 4.69) is 10.6 Å². The highest BCUT2D eigenvalue weighted by Crippen LogP contribution is 2.43. The van der Waals surface area contributed by atoms with Crippen LogP contribution in [0.5, 0.6) is 0 Å². The fourth-order valence-corrected chi connectivity index (χ4v) is 1.77. The normalized spacial score (nSPS) is 26.0. The summed E-state index contributed by atoms with van der Waals surface area (Å²) in [6.07, 6.45) is -4.12. The summed E-state index contributed by atoms with van der Waals surface area (Å²) < 4.78 is 39.1. The maximum absolute atomic E-state index is 13.0. The van der Waals surface area contributed by atoms with E-state index in [1.807, 2.05) is 6.92 Å². The van der Waals surface area contributed by atoms with Gasteiger partial charge in [-0.2, -0.15) is 13.2 Å². The smallest absolute Gasteiger partial charge is 0.350 e. The van der Waals surface area contributed by atoms with Gasteiger partial charge in [0.25, 0.3) is 0 Å². The molecule has 1 saturated heterocycles. The van der Waals surface area contributed by atoms with Crippen LogP contribution in [-0.2, 0) is 4.79 Å². The van der Waals surface area contributed by atoms with E-state index in [-0.39, 0.29) is 19.5 Å². The maximum Gasteiger partial charge on any atom is 0.404 e. The quantitative estimate of drug-likeness (QED) is 0.804. The molecule has 0 radical (unpaired) electrons. The molecule has 1 atom stereocenters. The minimum atomic E-state index is -4.51. The first kappa shape index (κ1) is 14.3. The predicted molar refractivity (Wildman–Crippen MR) is 58.5 cm³/mol. The summed E-state index contributed by atoms with van der Waals surface area (Å²) in [5, 5.41) is 5.12. The number of halogens is 3. The fourth-order valence-electron chi connectivity index (χ4n) is 1.77. The van der Waals surface area contributed by atoms with Crippen molar-refractivity contribution in [1.29, 1.82) is 0 Å². The van der Waals surface area contributed by atoms with Gasteiger partial charge in [0, 0.05) is 12.1 Å². The Morgan fingerprint density at radius 1 is 1.41 bits per heavy atom. The summed E-state index contributed by atoms with van der Waals surface area (Å²) in [6, 6.07) is 0. The summed E-state index contributed by atoms with van der Waals surface area (Å²) in [5.74, 6) is -0.915. The van der Waals surface area contributed by atoms with Gasteiger partial charge in [0.15, 0.2) is 5.41 Å². The Morgan fingerprint density at radius 3 is 2.35 bits per heavy atom. The number of rotatable bonds is 3. The van der Waals surface area contributed by atoms with E-state index in [0.717, 1.165) is 0 Å². The van der Waals surface area contributed by atoms with Crippen molar-refractivity contribution in [3.8, 4) is 0 Å². The molecule has 1 fully saturated rings. The van der Waals surface area contributed by atoms with E-state index in [4.69, 9.17) is 0 Å². The summed E-state index contributed by atoms with van der Waals surface area (Å²) in [4.78, 5) is 11.9. The van der Waals surface area contributed by atoms with Crippen LogP contribution < -0.4 is 10.6 Å². The number of hydrogen-bond acceptors (Lipinski definition) is 2. The highest BCUT2D eigenvalue weighted by Gasteiger charge is 2.61. The largest absolute Gasteiger partial charge is 0.404 e. The van der Waals surface area contributed by atoms with Crippen molar-refractivity contribution in [2.75, 3.05) is 13.1 Å². The molecule has 0 aromatic rings. The van der Waals surface area contributed by atoms with Gasteiger partial charge in [0.05, 0.1) is 0 Å². The Hall–Kier alpha value is -0.780. The number of nitrogens with one attached hydrogen (secondary N) is 2. The first-order valence-corrected chi connectivity index (χ1v) is 5.75. The molecule has 2 N–H and O–H groups in total. The molecule has 3 nitrogen and oxygen atoms in total. The van der Waals surface area contributed by atoms with E-state index < -0.39 is 23.0 Å². The van der Waals surface area contributed by atoms with Gasteiger partial charge in [-0.3, -0.25) is 4.79 Å². The highest BCUT2D eigenvalue weighted by molar-refractivity contribution is 5.84. The van der Waals surface area contributed by atoms with Crippen molar-refractivity contribution in [2.45, 2.75) is 45.3 Å². The van der Waals surface area contributed by atoms with Crippen LogP contribution in [0.4, 0.5) is 13.2 Å². The Balaban J connectivity index is 2.90. The highest BCUT2D eigenvalue weighted by atomic mass is 19.4. The Bertz CT molecular complexity index is 294. The van der Waals surface area contributed by atoms with E-state index in [0.29, 0.717) is 6.42 Å². The summed E-state index contributed by atoms with van der Waals surface area (Å²) >= 11 is 0. The molecule has 0 aromatic carbocycles. The van der Waals surface area contributed by atoms with Crippen molar-refractivity contribution in [2.24, 2.45) is 5.41 Å². The van der Waals surface area contributed by atoms with Crippen LogP contribution in [0.1, 0.15) is 33.6 Å². The predicted octanol–water partition coefficient (Wildman–Crippen LogP) is 1.83. The first-order chi connectivity index (χ1) is 7.65. The molecule has 0 aromatic heterocycles. The number of amides is 1. The molecule has 1 rings (SSSR count). The third-order valence-corrected chi connectivity index (χ3v) is 3.47. The second kappa shape index (κ2) is 4.48. The van der Waals surface area contributed by atoms with Crippen molar-refractivity contribution in [3.63, 3.8) is 0 Å². The third-order valence-electron chi connectivity index (χ3n) is 3.47. The van der Waals surface area contributed by atoms with Crippen LogP contribution >= 0.6 is 0 Å². The van der Waals surface area contributed by atoms with Gasteiger partial charge >= 0.3 is 6.18 Å². The van der Waals surface area contributed by atoms with Gasteiger partial charge in [-0.15, -0.1) is 0 Å². The van der Waals surface area contributed by atoms with Gasteiger partial charge in [0.1, 0.15) is 0 Å². The van der Waals surface area contributed by atoms with Crippen LogP contribution in [0.15, 0.2) is 0 Å². The molecule has 1 aliphatic heterocycles. The van der Waals surface area contributed by atoms with Gasteiger partial charge in [-0.05, 0) is 33.2 Å². The van der Waals surface area contributed by atoms with Gasteiger partial charge < -0.3 is 10.6 Å². The molecule has 0 spiro atoms. The first-order valence-electron chi connectivity index (χ1n) is 5.75. The van der Waals surface area contributed by atoms with Crippen LogP contribution in [0.3, 0.4) is 0 Å². The molecule has 17 heavy (non-hydrogen) atoms. The molecule has 1 unspecified atom stereocenters. The summed E-state index contributed by atoms with van der Waals surface area (Å²) in [5.41, 5.74) is -2.88. The second-order valence-electron chi connectivity index (χ2n) is 5.20. The lowest BCUT2D eigenvalue weighted by atomic mass is 9.84. The molecule has 0 bridgehead atoms. The molecule has 1 aliphatic rings. The average Bonchev–Trinajstić information content (AvgIpc) is 2.65. The Kier molecular flexibility index (Phi) is 3.76. The fraction of sp³-hybridized carbons (Fsp3) is 0.909. The zero-order valence-corrected chi connectivity index (χ0v) is 10.4. The van der Waals surface area contributed by atoms with Crippen molar-refractivity contribution >= 4 is 5.91 Å². The standard InChI is InChI=1S/C11H19F3N2O/c1-4-9(2,3)16-8(17)10(11(12,13)14)5-6-15-7-10/h15H,4-7H2,1-3H3,(H,16,17). The van der Waals surface area contributed by atoms with Crippen LogP contribution in [-0.4, -0.2) is 30.7 Å². The molecule has 1 amide bonds. The zero-order chi connectivity index (χ0) is 13.3. The third kappa shape index (κ3) is 2.73. The van der Waals surface area contributed by atoms with Gasteiger partial charge in [0.2, 0.25) is 5.91 Å². The molecular weight excluding hydrogens is 233 g/mol. The average molecular weight is 252 g/mol. The number of carbonyl (C=O) groups excluding carboxylic acids is 1. The molecule has 0 aliphatic carbocycles. The van der Waals surface area contributed by atoms with Crippen molar-refractivity contribution in [1.82, 2.24) is 10.6 Å². The molecule has 100 valence electrons. The summed E-state index contributed by atoms with van der Waals surface area (Å²) in [6.45, 7) is 5.16. The number of alkyl halides is 3. The monoisotopic (exact) mass is 252 g/mol. The van der Waals surface area contributed by atoms with Crippen LogP contribution in [0.2, 0.25) is 0 Å².